The van der Waals surface area contributed by atoms with Crippen LogP contribution in [0.2, 0.25) is 0 Å². The monoisotopic (exact) mass is 269 g/mol. The highest BCUT2D eigenvalue weighted by molar-refractivity contribution is 7.71. The van der Waals surface area contributed by atoms with Crippen LogP contribution in [0.3, 0.4) is 0 Å². The van der Waals surface area contributed by atoms with Gasteiger partial charge in [-0.25, -0.2) is 4.98 Å². The van der Waals surface area contributed by atoms with Gasteiger partial charge in [-0.3, -0.25) is 10.2 Å². The normalized spacial score (nSPS) is 10.8. The van der Waals surface area contributed by atoms with Crippen molar-refractivity contribution in [3.63, 3.8) is 0 Å². The van der Waals surface area contributed by atoms with Crippen molar-refractivity contribution in [2.24, 2.45) is 0 Å². The van der Waals surface area contributed by atoms with Crippen molar-refractivity contribution in [3.05, 3.63) is 10.5 Å². The summed E-state index contributed by atoms with van der Waals surface area (Å²) in [5.74, 6) is 0.782. The van der Waals surface area contributed by atoms with Crippen molar-refractivity contribution in [1.29, 1.82) is 0 Å². The molecule has 0 amide bonds. The Hall–Kier alpha value is -1.21. The van der Waals surface area contributed by atoms with E-state index >= 15 is 0 Å². The Morgan fingerprint density at radius 2 is 2.06 bits per heavy atom. The molecule has 0 bridgehead atoms. The zero-order valence-corrected chi connectivity index (χ0v) is 11.7. The van der Waals surface area contributed by atoms with Crippen molar-refractivity contribution >= 4 is 28.7 Å². The van der Waals surface area contributed by atoms with Gasteiger partial charge in [0.1, 0.15) is 0 Å². The molecule has 17 heavy (non-hydrogen) atoms. The first-order chi connectivity index (χ1) is 8.11. The number of thiazole rings is 1. The fourth-order valence-electron chi connectivity index (χ4n) is 1.50. The molecule has 2 aromatic heterocycles. The molecule has 7 heteroatoms. The second-order valence-electron chi connectivity index (χ2n) is 3.93. The molecule has 5 nitrogen and oxygen atoms in total. The van der Waals surface area contributed by atoms with Gasteiger partial charge in [-0.15, -0.1) is 0 Å². The maximum Gasteiger partial charge on any atom is 0.213 e. The van der Waals surface area contributed by atoms with Crippen LogP contribution in [0, 0.1) is 4.77 Å². The van der Waals surface area contributed by atoms with Crippen LogP contribution in [0.1, 0.15) is 19.0 Å². The Labute approximate surface area is 109 Å². The van der Waals surface area contributed by atoms with Gasteiger partial charge in [0.2, 0.25) is 4.77 Å². The van der Waals surface area contributed by atoms with Gasteiger partial charge >= 0.3 is 0 Å². The van der Waals surface area contributed by atoms with Gasteiger partial charge in [-0.1, -0.05) is 24.7 Å². The van der Waals surface area contributed by atoms with Gasteiger partial charge < -0.3 is 4.90 Å². The van der Waals surface area contributed by atoms with E-state index < -0.39 is 0 Å². The minimum absolute atomic E-state index is 0.474. The molecule has 92 valence electrons. The summed E-state index contributed by atoms with van der Waals surface area (Å²) in [6.07, 6.45) is 2.02. The van der Waals surface area contributed by atoms with Crippen LogP contribution < -0.4 is 4.90 Å². The number of hydrogen-bond acceptors (Lipinski definition) is 5. The van der Waals surface area contributed by atoms with Crippen LogP contribution in [-0.4, -0.2) is 34.3 Å². The third-order valence-electron chi connectivity index (χ3n) is 2.27. The van der Waals surface area contributed by atoms with Crippen LogP contribution in [0.25, 0.3) is 10.7 Å². The van der Waals surface area contributed by atoms with E-state index in [0.29, 0.717) is 4.77 Å². The molecule has 0 aromatic carbocycles. The number of nitrogens with zero attached hydrogens (tertiary/aromatic N) is 3. The second kappa shape index (κ2) is 4.97. The van der Waals surface area contributed by atoms with Crippen molar-refractivity contribution < 1.29 is 0 Å². The van der Waals surface area contributed by atoms with Gasteiger partial charge in [0.25, 0.3) is 0 Å². The van der Waals surface area contributed by atoms with Crippen molar-refractivity contribution in [2.45, 2.75) is 19.8 Å². The number of aromatic nitrogens is 4. The lowest BCUT2D eigenvalue weighted by Gasteiger charge is -2.05. The van der Waals surface area contributed by atoms with Crippen LogP contribution in [0.5, 0.6) is 0 Å². The Morgan fingerprint density at radius 1 is 1.29 bits per heavy atom. The van der Waals surface area contributed by atoms with E-state index in [-0.39, 0.29) is 0 Å². The number of rotatable bonds is 4. The fraction of sp³-hybridized carbons (Fsp3) is 0.500. The minimum Gasteiger partial charge on any atom is -0.354 e. The highest BCUT2D eigenvalue weighted by atomic mass is 32.1. The summed E-state index contributed by atoms with van der Waals surface area (Å²) in [5.41, 5.74) is 1.08. The smallest absolute Gasteiger partial charge is 0.213 e. The van der Waals surface area contributed by atoms with E-state index in [1.165, 1.54) is 0 Å². The predicted octanol–water partition coefficient (Wildman–Crippen LogP) is 2.61. The largest absolute Gasteiger partial charge is 0.354 e. The first-order valence-electron chi connectivity index (χ1n) is 5.44. The third kappa shape index (κ3) is 2.55. The number of hydrogen-bond donors (Lipinski definition) is 2. The van der Waals surface area contributed by atoms with Crippen LogP contribution >= 0.6 is 23.6 Å². The zero-order chi connectivity index (χ0) is 12.4. The molecule has 2 N–H and O–H groups in total. The lowest BCUT2D eigenvalue weighted by atomic mass is 10.2. The maximum absolute atomic E-state index is 4.98. The highest BCUT2D eigenvalue weighted by Crippen LogP contribution is 2.32. The lowest BCUT2D eigenvalue weighted by molar-refractivity contribution is 0.888. The molecule has 0 aliphatic carbocycles. The zero-order valence-electron chi connectivity index (χ0n) is 10.1. The summed E-state index contributed by atoms with van der Waals surface area (Å²) in [6.45, 7) is 2.14. The molecule has 0 saturated heterocycles. The van der Waals surface area contributed by atoms with Crippen LogP contribution in [0.4, 0.5) is 5.13 Å². The van der Waals surface area contributed by atoms with E-state index in [1.807, 2.05) is 19.0 Å². The molecular weight excluding hydrogens is 254 g/mol. The van der Waals surface area contributed by atoms with E-state index in [4.69, 9.17) is 12.2 Å². The van der Waals surface area contributed by atoms with E-state index in [9.17, 15) is 0 Å². The Morgan fingerprint density at radius 3 is 2.59 bits per heavy atom. The first-order valence-corrected chi connectivity index (χ1v) is 6.66. The molecule has 2 aromatic rings. The van der Waals surface area contributed by atoms with E-state index in [0.717, 1.165) is 34.4 Å². The topological polar surface area (TPSA) is 60.6 Å². The van der Waals surface area contributed by atoms with Crippen molar-refractivity contribution in [1.82, 2.24) is 20.2 Å². The molecule has 0 aliphatic heterocycles. The van der Waals surface area contributed by atoms with Gasteiger partial charge in [0, 0.05) is 14.1 Å². The average molecular weight is 269 g/mol. The van der Waals surface area contributed by atoms with Crippen LogP contribution in [0.15, 0.2) is 0 Å². The Bertz CT molecular complexity index is 551. The summed E-state index contributed by atoms with van der Waals surface area (Å²) in [4.78, 5) is 12.0. The molecular formula is C10H15N5S2. The molecule has 0 atom stereocenters. The molecule has 2 heterocycles. The summed E-state index contributed by atoms with van der Waals surface area (Å²) < 4.78 is 0.474. The maximum atomic E-state index is 4.98. The standard InChI is InChI=1S/C10H15N5S2/c1-4-5-6-7(8-12-9(16)14-13-8)17-10(11-6)15(2)3/h4-5H2,1-3H3,(H2,12,13,14,16). The molecule has 0 saturated carbocycles. The van der Waals surface area contributed by atoms with Crippen LogP contribution in [-0.2, 0) is 6.42 Å². The van der Waals surface area contributed by atoms with E-state index in [1.54, 1.807) is 11.3 Å². The molecule has 0 unspecified atom stereocenters. The Kier molecular flexibility index (Phi) is 3.58. The SMILES string of the molecule is CCCc1nc(N(C)C)sc1-c1nc(=S)[nH][nH]1. The number of nitrogens with one attached hydrogen (secondary N) is 2. The fourth-order valence-corrected chi connectivity index (χ4v) is 2.62. The molecule has 0 fully saturated rings. The average Bonchev–Trinajstić information content (AvgIpc) is 2.85. The van der Waals surface area contributed by atoms with Gasteiger partial charge in [0.05, 0.1) is 10.6 Å². The molecule has 0 radical (unpaired) electrons. The molecule has 2 rings (SSSR count). The van der Waals surface area contributed by atoms with Gasteiger partial charge in [0.15, 0.2) is 11.0 Å². The first kappa shape index (κ1) is 12.3. The number of aromatic amines is 2. The van der Waals surface area contributed by atoms with Gasteiger partial charge in [-0.05, 0) is 18.6 Å². The van der Waals surface area contributed by atoms with E-state index in [2.05, 4.69) is 27.1 Å². The Balaban J connectivity index is 2.47. The van der Waals surface area contributed by atoms with Crippen molar-refractivity contribution in [2.75, 3.05) is 19.0 Å². The second-order valence-corrected chi connectivity index (χ2v) is 5.30. The lowest BCUT2D eigenvalue weighted by Crippen LogP contribution is -2.07. The predicted molar refractivity (Wildman–Crippen MR) is 73.2 cm³/mol. The van der Waals surface area contributed by atoms with Crippen molar-refractivity contribution in [3.8, 4) is 10.7 Å². The summed E-state index contributed by atoms with van der Waals surface area (Å²) >= 11 is 6.60. The highest BCUT2D eigenvalue weighted by Gasteiger charge is 2.15. The summed E-state index contributed by atoms with van der Waals surface area (Å²) in [6, 6.07) is 0. The molecule has 0 aliphatic rings. The third-order valence-corrected chi connectivity index (χ3v) is 3.74. The quantitative estimate of drug-likeness (QED) is 0.838. The summed E-state index contributed by atoms with van der Waals surface area (Å²) in [5, 5.41) is 6.79. The number of aryl methyl sites for hydroxylation is 1. The molecule has 0 spiro atoms. The number of H-pyrrole nitrogens is 2. The van der Waals surface area contributed by atoms with Gasteiger partial charge in [-0.2, -0.15) is 4.98 Å². The minimum atomic E-state index is 0.474. The summed E-state index contributed by atoms with van der Waals surface area (Å²) in [7, 11) is 3.98. The number of anilines is 1.